The normalized spacial score (nSPS) is 15.2. The smallest absolute Gasteiger partial charge is 0.345 e. The summed E-state index contributed by atoms with van der Waals surface area (Å²) in [6.45, 7) is 5.96. The minimum atomic E-state index is -0.0632. The van der Waals surface area contributed by atoms with E-state index in [-0.39, 0.29) is 11.6 Å². The molecule has 1 amide bonds. The first-order valence-electron chi connectivity index (χ1n) is 9.51. The minimum Gasteiger partial charge on any atom is -0.496 e. The maximum absolute atomic E-state index is 13.0. The van der Waals surface area contributed by atoms with E-state index >= 15 is 0 Å². The van der Waals surface area contributed by atoms with E-state index in [9.17, 15) is 9.59 Å². The maximum Gasteiger partial charge on any atom is 0.345 e. The van der Waals surface area contributed by atoms with E-state index in [2.05, 4.69) is 5.10 Å². The minimum absolute atomic E-state index is 0.0340. The first-order valence-corrected chi connectivity index (χ1v) is 9.51. The molecule has 0 atom stereocenters. The van der Waals surface area contributed by atoms with Gasteiger partial charge in [0.25, 0.3) is 5.91 Å². The number of benzene rings is 1. The molecule has 1 aromatic carbocycles. The van der Waals surface area contributed by atoms with Crippen molar-refractivity contribution in [1.29, 1.82) is 0 Å². The van der Waals surface area contributed by atoms with Crippen LogP contribution in [0.25, 0.3) is 0 Å². The molecular formula is C20H28N4O3. The van der Waals surface area contributed by atoms with Crippen LogP contribution < -0.4 is 10.4 Å². The quantitative estimate of drug-likeness (QED) is 0.805. The number of amides is 1. The lowest BCUT2D eigenvalue weighted by atomic mass is 9.92. The number of carbonyl (C=O) groups excluding carboxylic acids is 1. The first-order chi connectivity index (χ1) is 13.0. The number of hydrogen-bond acceptors (Lipinski definition) is 4. The van der Waals surface area contributed by atoms with Gasteiger partial charge in [-0.05, 0) is 44.2 Å². The summed E-state index contributed by atoms with van der Waals surface area (Å²) in [5, 5.41) is 4.38. The standard InChI is InChI=1S/C20H28N4O3/c1-5-24-17(21-22(3)20(24)26)13-15-9-11-23(12-10-15)19(25)18-14(2)7-6-8-16(18)27-4/h6-8,15H,5,9-13H2,1-4H3. The fourth-order valence-electron chi connectivity index (χ4n) is 3.87. The van der Waals surface area contributed by atoms with Gasteiger partial charge in [-0.15, -0.1) is 0 Å². The average molecular weight is 372 g/mol. The molecule has 1 saturated heterocycles. The molecule has 0 radical (unpaired) electrons. The molecule has 0 unspecified atom stereocenters. The van der Waals surface area contributed by atoms with Crippen LogP contribution in [0.5, 0.6) is 5.75 Å². The van der Waals surface area contributed by atoms with Crippen molar-refractivity contribution < 1.29 is 9.53 Å². The summed E-state index contributed by atoms with van der Waals surface area (Å²) in [6, 6.07) is 5.67. The van der Waals surface area contributed by atoms with E-state index in [1.165, 1.54) is 4.68 Å². The van der Waals surface area contributed by atoms with Gasteiger partial charge < -0.3 is 9.64 Å². The van der Waals surface area contributed by atoms with Gasteiger partial charge in [0.05, 0.1) is 12.7 Å². The topological polar surface area (TPSA) is 69.4 Å². The number of rotatable bonds is 5. The van der Waals surface area contributed by atoms with Crippen LogP contribution in [0, 0.1) is 12.8 Å². The molecule has 1 aliphatic rings. The van der Waals surface area contributed by atoms with Crippen LogP contribution in [0.2, 0.25) is 0 Å². The van der Waals surface area contributed by atoms with Crippen LogP contribution in [0.3, 0.4) is 0 Å². The van der Waals surface area contributed by atoms with E-state index < -0.39 is 0 Å². The number of ether oxygens (including phenoxy) is 1. The highest BCUT2D eigenvalue weighted by Crippen LogP contribution is 2.27. The molecule has 1 fully saturated rings. The summed E-state index contributed by atoms with van der Waals surface area (Å²) in [5.41, 5.74) is 1.52. The lowest BCUT2D eigenvalue weighted by Gasteiger charge is -2.32. The van der Waals surface area contributed by atoms with Gasteiger partial charge in [0, 0.05) is 33.1 Å². The molecule has 27 heavy (non-hydrogen) atoms. The Labute approximate surface area is 159 Å². The van der Waals surface area contributed by atoms with Crippen molar-refractivity contribution in [2.75, 3.05) is 20.2 Å². The fraction of sp³-hybridized carbons (Fsp3) is 0.550. The molecule has 0 saturated carbocycles. The molecule has 0 N–H and O–H groups in total. The second kappa shape index (κ2) is 7.98. The van der Waals surface area contributed by atoms with Crippen LogP contribution in [0.4, 0.5) is 0 Å². The summed E-state index contributed by atoms with van der Waals surface area (Å²) in [7, 11) is 3.28. The van der Waals surface area contributed by atoms with Crippen molar-refractivity contribution in [1.82, 2.24) is 19.2 Å². The summed E-state index contributed by atoms with van der Waals surface area (Å²) in [6.07, 6.45) is 2.60. The summed E-state index contributed by atoms with van der Waals surface area (Å²) < 4.78 is 8.52. The summed E-state index contributed by atoms with van der Waals surface area (Å²) >= 11 is 0. The van der Waals surface area contributed by atoms with Crippen LogP contribution in [0.1, 0.15) is 41.5 Å². The van der Waals surface area contributed by atoms with Crippen molar-refractivity contribution in [3.05, 3.63) is 45.6 Å². The number of piperidine rings is 1. The molecule has 7 nitrogen and oxygen atoms in total. The van der Waals surface area contributed by atoms with Gasteiger partial charge in [0.15, 0.2) is 0 Å². The zero-order valence-corrected chi connectivity index (χ0v) is 16.6. The van der Waals surface area contributed by atoms with Crippen LogP contribution in [-0.2, 0) is 20.0 Å². The van der Waals surface area contributed by atoms with E-state index in [1.807, 2.05) is 36.9 Å². The number of aryl methyl sites for hydroxylation is 2. The highest BCUT2D eigenvalue weighted by Gasteiger charge is 2.27. The zero-order chi connectivity index (χ0) is 19.6. The first kappa shape index (κ1) is 19.2. The van der Waals surface area contributed by atoms with Gasteiger partial charge in [0.2, 0.25) is 0 Å². The Morgan fingerprint density at radius 3 is 2.63 bits per heavy atom. The molecule has 2 aromatic rings. The third-order valence-corrected chi connectivity index (χ3v) is 5.44. The van der Waals surface area contributed by atoms with E-state index in [4.69, 9.17) is 4.74 Å². The van der Waals surface area contributed by atoms with Crippen LogP contribution >= 0.6 is 0 Å². The van der Waals surface area contributed by atoms with Gasteiger partial charge in [-0.3, -0.25) is 9.36 Å². The van der Waals surface area contributed by atoms with E-state index in [1.54, 1.807) is 18.7 Å². The monoisotopic (exact) mass is 372 g/mol. The Balaban J connectivity index is 1.67. The number of methoxy groups -OCH3 is 1. The SMILES string of the molecule is CCn1c(CC2CCN(C(=O)c3c(C)cccc3OC)CC2)nn(C)c1=O. The van der Waals surface area contributed by atoms with E-state index in [0.717, 1.165) is 30.7 Å². The lowest BCUT2D eigenvalue weighted by molar-refractivity contribution is 0.0685. The van der Waals surface area contributed by atoms with Crippen molar-refractivity contribution >= 4 is 5.91 Å². The Morgan fingerprint density at radius 2 is 2.00 bits per heavy atom. The number of likely N-dealkylation sites (tertiary alicyclic amines) is 1. The molecule has 2 heterocycles. The summed E-state index contributed by atoms with van der Waals surface area (Å²) in [5.74, 6) is 1.93. The third kappa shape index (κ3) is 3.77. The van der Waals surface area contributed by atoms with Crippen LogP contribution in [0.15, 0.2) is 23.0 Å². The largest absolute Gasteiger partial charge is 0.496 e. The van der Waals surface area contributed by atoms with Crippen molar-refractivity contribution in [3.8, 4) is 5.75 Å². The average Bonchev–Trinajstić information content (AvgIpc) is 2.94. The van der Waals surface area contributed by atoms with Gasteiger partial charge in [0.1, 0.15) is 11.6 Å². The Morgan fingerprint density at radius 1 is 1.30 bits per heavy atom. The molecule has 3 rings (SSSR count). The highest BCUT2D eigenvalue weighted by atomic mass is 16.5. The van der Waals surface area contributed by atoms with Gasteiger partial charge >= 0.3 is 5.69 Å². The summed E-state index contributed by atoms with van der Waals surface area (Å²) in [4.78, 5) is 27.0. The molecule has 7 heteroatoms. The molecule has 1 aliphatic heterocycles. The predicted octanol–water partition coefficient (Wildman–Crippen LogP) is 2.01. The second-order valence-corrected chi connectivity index (χ2v) is 7.16. The maximum atomic E-state index is 13.0. The molecular weight excluding hydrogens is 344 g/mol. The lowest BCUT2D eigenvalue weighted by Crippen LogP contribution is -2.39. The van der Waals surface area contributed by atoms with Crippen molar-refractivity contribution in [3.63, 3.8) is 0 Å². The van der Waals surface area contributed by atoms with E-state index in [0.29, 0.717) is 36.9 Å². The molecule has 1 aromatic heterocycles. The number of hydrogen-bond donors (Lipinski definition) is 0. The molecule has 146 valence electrons. The number of nitrogens with zero attached hydrogens (tertiary/aromatic N) is 4. The third-order valence-electron chi connectivity index (χ3n) is 5.44. The molecule has 0 aliphatic carbocycles. The van der Waals surface area contributed by atoms with Gasteiger partial charge in [-0.25, -0.2) is 9.48 Å². The van der Waals surface area contributed by atoms with Gasteiger partial charge in [-0.1, -0.05) is 12.1 Å². The van der Waals surface area contributed by atoms with Crippen molar-refractivity contribution in [2.24, 2.45) is 13.0 Å². The molecule has 0 spiro atoms. The Hall–Kier alpha value is -2.57. The molecule has 0 bridgehead atoms. The Kier molecular flexibility index (Phi) is 5.68. The predicted molar refractivity (Wildman–Crippen MR) is 103 cm³/mol. The Bertz CT molecular complexity index is 876. The van der Waals surface area contributed by atoms with Crippen molar-refractivity contribution in [2.45, 2.75) is 39.7 Å². The zero-order valence-electron chi connectivity index (χ0n) is 16.6. The number of aromatic nitrogens is 3. The van der Waals surface area contributed by atoms with Crippen LogP contribution in [-0.4, -0.2) is 45.4 Å². The fourth-order valence-corrected chi connectivity index (χ4v) is 3.87. The highest BCUT2D eigenvalue weighted by molar-refractivity contribution is 5.98. The number of carbonyl (C=O) groups is 1. The second-order valence-electron chi connectivity index (χ2n) is 7.16. The van der Waals surface area contributed by atoms with Gasteiger partial charge in [-0.2, -0.15) is 5.10 Å².